The molecule has 9 heteroatoms. The second kappa shape index (κ2) is 11.1. The van der Waals surface area contributed by atoms with Gasteiger partial charge in [-0.25, -0.2) is 13.3 Å². The van der Waals surface area contributed by atoms with Crippen LogP contribution in [0.1, 0.15) is 0 Å². The van der Waals surface area contributed by atoms with Gasteiger partial charge in [-0.15, -0.1) is 0 Å². The van der Waals surface area contributed by atoms with Gasteiger partial charge < -0.3 is 16.4 Å². The van der Waals surface area contributed by atoms with Crippen molar-refractivity contribution in [3.05, 3.63) is 78.9 Å². The van der Waals surface area contributed by atoms with Crippen LogP contribution < -0.4 is 16.4 Å². The number of benzene rings is 3. The van der Waals surface area contributed by atoms with E-state index >= 15 is 0 Å². The lowest BCUT2D eigenvalue weighted by molar-refractivity contribution is -0.187. The van der Waals surface area contributed by atoms with E-state index in [0.29, 0.717) is 24.5 Å². The number of nitrogens with two attached hydrogens (primary N) is 2. The Morgan fingerprint density at radius 2 is 1.55 bits per heavy atom. The highest BCUT2D eigenvalue weighted by molar-refractivity contribution is 7.94. The van der Waals surface area contributed by atoms with Crippen LogP contribution in [0, 0.1) is 0 Å². The van der Waals surface area contributed by atoms with Crippen molar-refractivity contribution in [3.8, 4) is 0 Å². The molecule has 7 nitrogen and oxygen atoms in total. The molecule has 0 amide bonds. The molecule has 0 aliphatic carbocycles. The molecule has 3 rings (SSSR count). The first-order valence-corrected chi connectivity index (χ1v) is 12.0. The van der Waals surface area contributed by atoms with Gasteiger partial charge in [0.15, 0.2) is 9.84 Å². The van der Waals surface area contributed by atoms with Crippen molar-refractivity contribution in [2.45, 2.75) is 9.79 Å². The number of hydrogen-bond acceptors (Lipinski definition) is 8. The van der Waals surface area contributed by atoms with Crippen molar-refractivity contribution >= 4 is 38.9 Å². The van der Waals surface area contributed by atoms with Gasteiger partial charge >= 0.3 is 0 Å². The summed E-state index contributed by atoms with van der Waals surface area (Å²) >= 11 is 1.07. The van der Waals surface area contributed by atoms with Crippen LogP contribution in [0.3, 0.4) is 0 Å². The van der Waals surface area contributed by atoms with E-state index in [2.05, 4.69) is 0 Å². The standard InChI is InChI=1S/C22H25N3O4S2/c23-18-6-4-10-21(16-18)30-29-28-14-12-25(20-8-2-1-3-9-20)13-15-31(26,27)22-11-5-7-19(24)17-22/h1-11,16-17H,12-15,23-24H2. The molecule has 0 atom stereocenters. The zero-order chi connectivity index (χ0) is 22.1. The molecule has 3 aromatic carbocycles. The van der Waals surface area contributed by atoms with Crippen LogP contribution in [0.2, 0.25) is 0 Å². The van der Waals surface area contributed by atoms with E-state index in [9.17, 15) is 8.42 Å². The lowest BCUT2D eigenvalue weighted by atomic mass is 10.3. The number of hydrogen-bond donors (Lipinski definition) is 2. The van der Waals surface area contributed by atoms with E-state index in [-0.39, 0.29) is 17.3 Å². The smallest absolute Gasteiger partial charge is 0.180 e. The zero-order valence-electron chi connectivity index (χ0n) is 16.9. The maximum Gasteiger partial charge on any atom is 0.180 e. The van der Waals surface area contributed by atoms with Crippen molar-refractivity contribution in [1.29, 1.82) is 0 Å². The van der Waals surface area contributed by atoms with E-state index < -0.39 is 9.84 Å². The Bertz CT molecular complexity index is 1080. The molecule has 0 aromatic heterocycles. The highest BCUT2D eigenvalue weighted by Gasteiger charge is 2.17. The van der Waals surface area contributed by atoms with Crippen LogP contribution in [0.15, 0.2) is 88.7 Å². The van der Waals surface area contributed by atoms with Crippen LogP contribution in [0.4, 0.5) is 17.1 Å². The molecule has 0 saturated heterocycles. The average Bonchev–Trinajstić information content (AvgIpc) is 2.76. The fourth-order valence-corrected chi connectivity index (χ4v) is 4.69. The summed E-state index contributed by atoms with van der Waals surface area (Å²) in [6, 6.07) is 23.2. The van der Waals surface area contributed by atoms with E-state index in [0.717, 1.165) is 22.6 Å². The summed E-state index contributed by atoms with van der Waals surface area (Å²) in [6.07, 6.45) is 0. The molecule has 0 unspecified atom stereocenters. The van der Waals surface area contributed by atoms with Crippen LogP contribution in [0.25, 0.3) is 0 Å². The van der Waals surface area contributed by atoms with Crippen molar-refractivity contribution in [2.24, 2.45) is 0 Å². The molecule has 0 heterocycles. The van der Waals surface area contributed by atoms with Gasteiger partial charge in [0.05, 0.1) is 22.7 Å². The Hall–Kier alpha value is -2.72. The van der Waals surface area contributed by atoms with Crippen LogP contribution >= 0.6 is 12.0 Å². The molecule has 164 valence electrons. The fourth-order valence-electron chi connectivity index (χ4n) is 2.88. The topological polar surface area (TPSA) is 108 Å². The zero-order valence-corrected chi connectivity index (χ0v) is 18.5. The lowest BCUT2D eigenvalue weighted by Crippen LogP contribution is -2.32. The summed E-state index contributed by atoms with van der Waals surface area (Å²) in [5.41, 5.74) is 13.4. The predicted octanol–water partition coefficient (Wildman–Crippen LogP) is 3.79. The van der Waals surface area contributed by atoms with E-state index in [4.69, 9.17) is 20.7 Å². The fraction of sp³-hybridized carbons (Fsp3) is 0.182. The maximum atomic E-state index is 12.7. The average molecular weight is 460 g/mol. The normalized spacial score (nSPS) is 11.4. The Kier molecular flexibility index (Phi) is 8.19. The van der Waals surface area contributed by atoms with Crippen LogP contribution in [-0.2, 0) is 19.1 Å². The lowest BCUT2D eigenvalue weighted by Gasteiger charge is -2.24. The highest BCUT2D eigenvalue weighted by atomic mass is 32.2. The van der Waals surface area contributed by atoms with Gasteiger partial charge in [-0.2, -0.15) is 4.33 Å². The Morgan fingerprint density at radius 1 is 0.839 bits per heavy atom. The van der Waals surface area contributed by atoms with Gasteiger partial charge in [0, 0.05) is 35.0 Å². The van der Waals surface area contributed by atoms with Crippen molar-refractivity contribution < 1.29 is 17.6 Å². The summed E-state index contributed by atoms with van der Waals surface area (Å²) in [7, 11) is -3.47. The molecule has 0 radical (unpaired) electrons. The van der Waals surface area contributed by atoms with E-state index in [1.807, 2.05) is 47.4 Å². The minimum atomic E-state index is -3.47. The third kappa shape index (κ3) is 7.18. The first kappa shape index (κ1) is 23.0. The highest BCUT2D eigenvalue weighted by Crippen LogP contribution is 2.22. The summed E-state index contributed by atoms with van der Waals surface area (Å²) in [6.45, 7) is 1.00. The third-order valence-electron chi connectivity index (χ3n) is 4.45. The van der Waals surface area contributed by atoms with E-state index in [1.165, 1.54) is 6.07 Å². The van der Waals surface area contributed by atoms with Crippen LogP contribution in [0.5, 0.6) is 0 Å². The van der Waals surface area contributed by atoms with Gasteiger partial charge in [0.1, 0.15) is 6.61 Å². The molecule has 0 aliphatic rings. The first-order chi connectivity index (χ1) is 14.9. The minimum absolute atomic E-state index is 0.0513. The number of nitrogens with zero attached hydrogens (tertiary/aromatic N) is 1. The summed E-state index contributed by atoms with van der Waals surface area (Å²) < 4.78 is 30.6. The molecule has 0 bridgehead atoms. The van der Waals surface area contributed by atoms with Gasteiger partial charge in [0.2, 0.25) is 0 Å². The maximum absolute atomic E-state index is 12.7. The quantitative estimate of drug-likeness (QED) is 0.147. The number of nitrogen functional groups attached to an aromatic ring is 2. The number of sulfone groups is 1. The Labute approximate surface area is 187 Å². The van der Waals surface area contributed by atoms with Gasteiger partial charge in [-0.05, 0) is 48.5 Å². The molecular formula is C22H25N3O4S2. The van der Waals surface area contributed by atoms with Gasteiger partial charge in [0.25, 0.3) is 0 Å². The Morgan fingerprint density at radius 3 is 2.26 bits per heavy atom. The van der Waals surface area contributed by atoms with Crippen molar-refractivity contribution in [2.75, 3.05) is 41.8 Å². The molecule has 0 spiro atoms. The molecule has 0 aliphatic heterocycles. The summed E-state index contributed by atoms with van der Waals surface area (Å²) in [4.78, 5) is 8.27. The second-order valence-electron chi connectivity index (χ2n) is 6.76. The molecule has 31 heavy (non-hydrogen) atoms. The number of anilines is 3. The molecular weight excluding hydrogens is 434 g/mol. The van der Waals surface area contributed by atoms with Crippen molar-refractivity contribution in [3.63, 3.8) is 0 Å². The molecule has 4 N–H and O–H groups in total. The predicted molar refractivity (Wildman–Crippen MR) is 125 cm³/mol. The largest absolute Gasteiger partial charge is 0.399 e. The Balaban J connectivity index is 1.56. The monoisotopic (exact) mass is 459 g/mol. The van der Waals surface area contributed by atoms with Crippen molar-refractivity contribution in [1.82, 2.24) is 0 Å². The molecule has 0 fully saturated rings. The minimum Gasteiger partial charge on any atom is -0.399 e. The molecule has 3 aromatic rings. The number of rotatable bonds is 11. The first-order valence-electron chi connectivity index (χ1n) is 9.64. The SMILES string of the molecule is Nc1cccc(SOOCCN(CCS(=O)(=O)c2cccc(N)c2)c2ccccc2)c1. The van der Waals surface area contributed by atoms with E-state index in [1.54, 1.807) is 30.3 Å². The van der Waals surface area contributed by atoms with Gasteiger partial charge in [-0.1, -0.05) is 30.3 Å². The summed E-state index contributed by atoms with van der Waals surface area (Å²) in [5.74, 6) is -0.0513. The van der Waals surface area contributed by atoms with Crippen LogP contribution in [-0.4, -0.2) is 33.9 Å². The second-order valence-corrected chi connectivity index (χ2v) is 9.64. The third-order valence-corrected chi connectivity index (χ3v) is 6.75. The number of para-hydroxylation sites is 1. The molecule has 0 saturated carbocycles. The van der Waals surface area contributed by atoms with Gasteiger partial charge in [-0.3, -0.25) is 0 Å². The summed E-state index contributed by atoms with van der Waals surface area (Å²) in [5, 5.41) is 0.